The van der Waals surface area contributed by atoms with Gasteiger partial charge in [0.1, 0.15) is 0 Å². The normalized spacial score (nSPS) is 16.3. The largest absolute Gasteiger partial charge is 0.494 e. The van der Waals surface area contributed by atoms with E-state index in [0.717, 1.165) is 25.9 Å². The number of carbonyl (C=O) groups excluding carboxylic acids is 1. The minimum absolute atomic E-state index is 0.130. The van der Waals surface area contributed by atoms with Crippen LogP contribution >= 0.6 is 0 Å². The Morgan fingerprint density at radius 3 is 2.74 bits per heavy atom. The number of nitrogens with zero attached hydrogens (tertiary/aromatic N) is 1. The van der Waals surface area contributed by atoms with Gasteiger partial charge >= 0.3 is 6.03 Å². The van der Waals surface area contributed by atoms with Gasteiger partial charge in [0.05, 0.1) is 7.11 Å². The summed E-state index contributed by atoms with van der Waals surface area (Å²) in [6.45, 7) is 3.73. The van der Waals surface area contributed by atoms with Crippen molar-refractivity contribution in [2.45, 2.75) is 19.8 Å². The van der Waals surface area contributed by atoms with Gasteiger partial charge in [0, 0.05) is 24.8 Å². The lowest BCUT2D eigenvalue weighted by atomic mass is 10.00. The Morgan fingerprint density at radius 2 is 2.11 bits per heavy atom. The number of ether oxygens (including phenoxy) is 1. The number of carbonyl (C=O) groups is 1. The zero-order valence-corrected chi connectivity index (χ0v) is 11.3. The van der Waals surface area contributed by atoms with Crippen LogP contribution in [-0.4, -0.2) is 31.1 Å². The number of piperidine rings is 1. The van der Waals surface area contributed by atoms with E-state index in [1.54, 1.807) is 4.90 Å². The fourth-order valence-electron chi connectivity index (χ4n) is 2.15. The van der Waals surface area contributed by atoms with Crippen molar-refractivity contribution >= 4 is 11.7 Å². The van der Waals surface area contributed by atoms with Crippen LogP contribution in [0.25, 0.3) is 0 Å². The molecule has 1 aromatic carbocycles. The van der Waals surface area contributed by atoms with E-state index in [4.69, 9.17) is 4.74 Å². The van der Waals surface area contributed by atoms with Crippen LogP contribution in [0.3, 0.4) is 0 Å². The Hall–Kier alpha value is -1.78. The fourth-order valence-corrected chi connectivity index (χ4v) is 2.15. The number of anilines is 1. The molecule has 4 nitrogen and oxygen atoms in total. The molecule has 1 aromatic rings. The molecule has 0 aromatic heterocycles. The number of methoxy groups -OCH3 is 1. The molecule has 0 radical (unpaired) electrons. The number of rotatable bonds is 2. The molecule has 2 rings (SSSR count). The van der Waals surface area contributed by atoms with Crippen LogP contribution in [0.5, 0.6) is 5.75 Å². The second kappa shape index (κ2) is 5.91. The van der Waals surface area contributed by atoms with Crippen LogP contribution in [0.15, 0.2) is 18.2 Å². The molecule has 104 valence electrons. The third-order valence-electron chi connectivity index (χ3n) is 3.47. The van der Waals surface area contributed by atoms with E-state index in [-0.39, 0.29) is 11.8 Å². The first kappa shape index (κ1) is 13.6. The van der Waals surface area contributed by atoms with E-state index < -0.39 is 5.82 Å². The van der Waals surface area contributed by atoms with E-state index in [9.17, 15) is 9.18 Å². The van der Waals surface area contributed by atoms with Crippen molar-refractivity contribution in [2.75, 3.05) is 25.5 Å². The average molecular weight is 266 g/mol. The highest BCUT2D eigenvalue weighted by Crippen LogP contribution is 2.22. The van der Waals surface area contributed by atoms with Crippen LogP contribution in [0.4, 0.5) is 14.9 Å². The smallest absolute Gasteiger partial charge is 0.321 e. The van der Waals surface area contributed by atoms with Gasteiger partial charge in [0.15, 0.2) is 11.6 Å². The Morgan fingerprint density at radius 1 is 1.42 bits per heavy atom. The highest BCUT2D eigenvalue weighted by atomic mass is 19.1. The number of halogens is 1. The predicted octanol–water partition coefficient (Wildman–Crippen LogP) is 3.10. The molecule has 19 heavy (non-hydrogen) atoms. The van der Waals surface area contributed by atoms with Gasteiger partial charge < -0.3 is 15.0 Å². The third-order valence-corrected chi connectivity index (χ3v) is 3.47. The molecule has 1 heterocycles. The zero-order valence-electron chi connectivity index (χ0n) is 11.3. The molecule has 0 aliphatic carbocycles. The summed E-state index contributed by atoms with van der Waals surface area (Å²) in [4.78, 5) is 13.8. The SMILES string of the molecule is COc1cc(NC(=O)N2CCC(C)CC2)ccc1F. The van der Waals surface area contributed by atoms with Crippen LogP contribution < -0.4 is 10.1 Å². The van der Waals surface area contributed by atoms with Crippen molar-refractivity contribution in [2.24, 2.45) is 5.92 Å². The van der Waals surface area contributed by atoms with Crippen molar-refractivity contribution in [1.82, 2.24) is 4.90 Å². The summed E-state index contributed by atoms with van der Waals surface area (Å²) >= 11 is 0. The molecular weight excluding hydrogens is 247 g/mol. The number of likely N-dealkylation sites (tertiary alicyclic amines) is 1. The highest BCUT2D eigenvalue weighted by molar-refractivity contribution is 5.89. The van der Waals surface area contributed by atoms with Crippen LogP contribution in [0.2, 0.25) is 0 Å². The summed E-state index contributed by atoms with van der Waals surface area (Å²) in [5.74, 6) is 0.368. The molecular formula is C14H19FN2O2. The van der Waals surface area contributed by atoms with E-state index in [2.05, 4.69) is 12.2 Å². The molecule has 1 aliphatic rings. The lowest BCUT2D eigenvalue weighted by Gasteiger charge is -2.30. The third kappa shape index (κ3) is 3.36. The summed E-state index contributed by atoms with van der Waals surface area (Å²) in [7, 11) is 1.40. The molecule has 1 fully saturated rings. The monoisotopic (exact) mass is 266 g/mol. The minimum Gasteiger partial charge on any atom is -0.494 e. The summed E-state index contributed by atoms with van der Waals surface area (Å²) in [5, 5.41) is 2.77. The van der Waals surface area contributed by atoms with Crippen molar-refractivity contribution in [1.29, 1.82) is 0 Å². The van der Waals surface area contributed by atoms with Gasteiger partial charge in [-0.3, -0.25) is 0 Å². The van der Waals surface area contributed by atoms with Gasteiger partial charge in [0.25, 0.3) is 0 Å². The summed E-state index contributed by atoms with van der Waals surface area (Å²) in [5.41, 5.74) is 0.543. The summed E-state index contributed by atoms with van der Waals surface area (Å²) in [6, 6.07) is 4.16. The number of nitrogens with one attached hydrogen (secondary N) is 1. The lowest BCUT2D eigenvalue weighted by molar-refractivity contribution is 0.186. The second-order valence-corrected chi connectivity index (χ2v) is 4.95. The van der Waals surface area contributed by atoms with Crippen molar-refractivity contribution < 1.29 is 13.9 Å². The molecule has 5 heteroatoms. The first-order chi connectivity index (χ1) is 9.10. The van der Waals surface area contributed by atoms with Gasteiger partial charge in [-0.1, -0.05) is 6.92 Å². The van der Waals surface area contributed by atoms with Gasteiger partial charge in [-0.15, -0.1) is 0 Å². The summed E-state index contributed by atoms with van der Waals surface area (Å²) in [6.07, 6.45) is 2.06. The lowest BCUT2D eigenvalue weighted by Crippen LogP contribution is -2.40. The number of hydrogen-bond donors (Lipinski definition) is 1. The second-order valence-electron chi connectivity index (χ2n) is 4.95. The van der Waals surface area contributed by atoms with Crippen molar-refractivity contribution in [3.63, 3.8) is 0 Å². The van der Waals surface area contributed by atoms with Crippen molar-refractivity contribution in [3.8, 4) is 5.75 Å². The number of urea groups is 1. The Kier molecular flexibility index (Phi) is 4.24. The van der Waals surface area contributed by atoms with E-state index in [0.29, 0.717) is 11.6 Å². The van der Waals surface area contributed by atoms with E-state index in [1.807, 2.05) is 0 Å². The van der Waals surface area contributed by atoms with Crippen LogP contribution in [-0.2, 0) is 0 Å². The number of benzene rings is 1. The summed E-state index contributed by atoms with van der Waals surface area (Å²) < 4.78 is 18.1. The Labute approximate surface area is 112 Å². The van der Waals surface area contributed by atoms with E-state index >= 15 is 0 Å². The molecule has 1 N–H and O–H groups in total. The van der Waals surface area contributed by atoms with Crippen molar-refractivity contribution in [3.05, 3.63) is 24.0 Å². The van der Waals surface area contributed by atoms with Crippen LogP contribution in [0, 0.1) is 11.7 Å². The Bertz CT molecular complexity index is 457. The Balaban J connectivity index is 1.98. The molecule has 0 bridgehead atoms. The first-order valence-corrected chi connectivity index (χ1v) is 6.49. The fraction of sp³-hybridized carbons (Fsp3) is 0.500. The standard InChI is InChI=1S/C14H19FN2O2/c1-10-5-7-17(8-6-10)14(18)16-11-3-4-12(15)13(9-11)19-2/h3-4,9-10H,5-8H2,1-2H3,(H,16,18). The molecule has 1 saturated heterocycles. The van der Waals surface area contributed by atoms with Crippen LogP contribution in [0.1, 0.15) is 19.8 Å². The molecule has 0 spiro atoms. The minimum atomic E-state index is -0.438. The molecule has 2 amide bonds. The van der Waals surface area contributed by atoms with E-state index in [1.165, 1.54) is 25.3 Å². The predicted molar refractivity (Wildman–Crippen MR) is 71.9 cm³/mol. The maximum absolute atomic E-state index is 13.3. The molecule has 0 saturated carbocycles. The number of hydrogen-bond acceptors (Lipinski definition) is 2. The van der Waals surface area contributed by atoms with Gasteiger partial charge in [-0.2, -0.15) is 0 Å². The molecule has 0 unspecified atom stereocenters. The zero-order chi connectivity index (χ0) is 13.8. The van der Waals surface area contributed by atoms with Gasteiger partial charge in [-0.05, 0) is 30.9 Å². The topological polar surface area (TPSA) is 41.6 Å². The van der Waals surface area contributed by atoms with Gasteiger partial charge in [0.2, 0.25) is 0 Å². The maximum atomic E-state index is 13.3. The maximum Gasteiger partial charge on any atom is 0.321 e. The van der Waals surface area contributed by atoms with Gasteiger partial charge in [-0.25, -0.2) is 9.18 Å². The first-order valence-electron chi connectivity index (χ1n) is 6.49. The number of amides is 2. The molecule has 0 atom stereocenters. The molecule has 1 aliphatic heterocycles. The quantitative estimate of drug-likeness (QED) is 0.893. The highest BCUT2D eigenvalue weighted by Gasteiger charge is 2.20. The average Bonchev–Trinajstić information content (AvgIpc) is 2.41.